The lowest BCUT2D eigenvalue weighted by Crippen LogP contribution is -2.49. The lowest BCUT2D eigenvalue weighted by Gasteiger charge is -2.34. The molecule has 0 amide bonds. The van der Waals surface area contributed by atoms with E-state index in [2.05, 4.69) is 20.0 Å². The quantitative estimate of drug-likeness (QED) is 0.406. The Morgan fingerprint density at radius 1 is 1.03 bits per heavy atom. The summed E-state index contributed by atoms with van der Waals surface area (Å²) in [6.45, 7) is 2.42. The fourth-order valence-corrected chi connectivity index (χ4v) is 5.87. The summed E-state index contributed by atoms with van der Waals surface area (Å²) in [5.41, 5.74) is 2.40. The van der Waals surface area contributed by atoms with Gasteiger partial charge in [-0.1, -0.05) is 29.3 Å². The van der Waals surface area contributed by atoms with E-state index in [-0.39, 0.29) is 0 Å². The van der Waals surface area contributed by atoms with Gasteiger partial charge < -0.3 is 14.0 Å². The zero-order valence-electron chi connectivity index (χ0n) is 17.4. The number of hydrogen-bond donors (Lipinski definition) is 0. The Bertz CT molecular complexity index is 1260. The van der Waals surface area contributed by atoms with Crippen molar-refractivity contribution in [2.75, 3.05) is 31.1 Å². The Kier molecular flexibility index (Phi) is 5.72. The topological polar surface area (TPSA) is 91.0 Å². The second-order valence-electron chi connectivity index (χ2n) is 7.48. The number of nitrogens with zero attached hydrogens (tertiary/aromatic N) is 8. The minimum absolute atomic E-state index is 0.409. The van der Waals surface area contributed by atoms with E-state index in [9.17, 15) is 4.55 Å². The van der Waals surface area contributed by atoms with Gasteiger partial charge in [0, 0.05) is 33.4 Å². The standard InChI is InChI=1S/C20H20Cl2N8OS/c1-27-11-13(10-25-27)18-26-16-19(28(18)2)23-12-24-20(16)29-6-8-30(9-7-29)32(31)17-14(21)4-3-5-15(17)22/h3-5,10-12H,6-9H2,1-2H3. The highest BCUT2D eigenvalue weighted by Crippen LogP contribution is 2.33. The maximum absolute atomic E-state index is 13.1. The molecule has 1 unspecified atom stereocenters. The minimum atomic E-state index is -1.43. The van der Waals surface area contributed by atoms with Crippen molar-refractivity contribution < 1.29 is 4.55 Å². The molecular formula is C20H20Cl2N8OS. The predicted octanol–water partition coefficient (Wildman–Crippen LogP) is 2.92. The number of aromatic nitrogens is 6. The number of hydrogen-bond acceptors (Lipinski definition) is 7. The van der Waals surface area contributed by atoms with E-state index < -0.39 is 11.4 Å². The first-order valence-corrected chi connectivity index (χ1v) is 11.8. The summed E-state index contributed by atoms with van der Waals surface area (Å²) in [7, 11) is 3.81. The molecule has 1 fully saturated rings. The maximum atomic E-state index is 13.1. The molecular weight excluding hydrogens is 471 g/mol. The van der Waals surface area contributed by atoms with E-state index in [0.717, 1.165) is 28.4 Å². The largest absolute Gasteiger partial charge is 0.593 e. The summed E-state index contributed by atoms with van der Waals surface area (Å²) in [6.07, 6.45) is 5.25. The molecule has 1 saturated heterocycles. The number of aryl methyl sites for hydroxylation is 2. The maximum Gasteiger partial charge on any atom is 0.211 e. The van der Waals surface area contributed by atoms with Gasteiger partial charge in [-0.2, -0.15) is 5.10 Å². The molecule has 1 aliphatic rings. The Labute approximate surface area is 197 Å². The van der Waals surface area contributed by atoms with Crippen LogP contribution in [0.1, 0.15) is 0 Å². The van der Waals surface area contributed by atoms with Gasteiger partial charge in [0.2, 0.25) is 4.90 Å². The van der Waals surface area contributed by atoms with Crippen LogP contribution in [0, 0.1) is 0 Å². The van der Waals surface area contributed by atoms with Gasteiger partial charge in [0.05, 0.1) is 46.3 Å². The molecule has 0 saturated carbocycles. The Balaban J connectivity index is 1.39. The highest BCUT2D eigenvalue weighted by Gasteiger charge is 2.32. The molecule has 0 aliphatic carbocycles. The summed E-state index contributed by atoms with van der Waals surface area (Å²) >= 11 is 11.1. The number of fused-ring (bicyclic) bond motifs is 1. The van der Waals surface area contributed by atoms with Crippen molar-refractivity contribution in [1.82, 2.24) is 33.6 Å². The molecule has 5 rings (SSSR count). The Morgan fingerprint density at radius 2 is 1.75 bits per heavy atom. The van der Waals surface area contributed by atoms with Gasteiger partial charge in [-0.25, -0.2) is 15.0 Å². The molecule has 3 aromatic heterocycles. The normalized spacial score (nSPS) is 16.1. The van der Waals surface area contributed by atoms with Crippen LogP contribution in [-0.4, -0.2) is 64.3 Å². The van der Waals surface area contributed by atoms with Crippen LogP contribution >= 0.6 is 23.2 Å². The second-order valence-corrected chi connectivity index (χ2v) is 9.72. The van der Waals surface area contributed by atoms with Gasteiger partial charge in [0.1, 0.15) is 12.2 Å². The summed E-state index contributed by atoms with van der Waals surface area (Å²) in [5.74, 6) is 1.55. The van der Waals surface area contributed by atoms with Crippen molar-refractivity contribution in [2.24, 2.45) is 14.1 Å². The molecule has 1 aliphatic heterocycles. The van der Waals surface area contributed by atoms with Gasteiger partial charge in [-0.3, -0.25) is 4.68 Å². The van der Waals surface area contributed by atoms with Crippen LogP contribution in [-0.2, 0) is 25.5 Å². The molecule has 0 spiro atoms. The fraction of sp³-hybridized carbons (Fsp3) is 0.300. The summed E-state index contributed by atoms with van der Waals surface area (Å²) in [6, 6.07) is 5.15. The van der Waals surface area contributed by atoms with Crippen LogP contribution in [0.4, 0.5) is 5.82 Å². The first-order valence-electron chi connectivity index (χ1n) is 9.96. The molecule has 9 nitrogen and oxygen atoms in total. The monoisotopic (exact) mass is 490 g/mol. The fourth-order valence-electron chi connectivity index (χ4n) is 3.86. The average molecular weight is 491 g/mol. The molecule has 1 aromatic carbocycles. The summed E-state index contributed by atoms with van der Waals surface area (Å²) < 4.78 is 18.7. The van der Waals surface area contributed by atoms with E-state index >= 15 is 0 Å². The number of anilines is 1. The van der Waals surface area contributed by atoms with Gasteiger partial charge in [0.25, 0.3) is 0 Å². The molecule has 4 aromatic rings. The summed E-state index contributed by atoms with van der Waals surface area (Å²) in [5, 5.41) is 5.06. The zero-order chi connectivity index (χ0) is 22.4. The number of piperazine rings is 1. The molecule has 1 atom stereocenters. The van der Waals surface area contributed by atoms with E-state index in [1.54, 1.807) is 35.4 Å². The smallest absolute Gasteiger partial charge is 0.211 e. The van der Waals surface area contributed by atoms with Crippen LogP contribution < -0.4 is 4.90 Å². The minimum Gasteiger partial charge on any atom is -0.593 e. The number of imidazole rings is 1. The van der Waals surface area contributed by atoms with Gasteiger partial charge in [0.15, 0.2) is 17.0 Å². The van der Waals surface area contributed by atoms with Crippen molar-refractivity contribution in [3.8, 4) is 11.4 Å². The van der Waals surface area contributed by atoms with Crippen LogP contribution in [0.2, 0.25) is 10.0 Å². The average Bonchev–Trinajstić information content (AvgIpc) is 3.36. The van der Waals surface area contributed by atoms with E-state index in [1.165, 1.54) is 0 Å². The molecule has 0 radical (unpaired) electrons. The Hall–Kier alpha value is -2.37. The molecule has 0 N–H and O–H groups in total. The summed E-state index contributed by atoms with van der Waals surface area (Å²) in [4.78, 5) is 16.4. The van der Waals surface area contributed by atoms with Gasteiger partial charge in [-0.05, 0) is 12.1 Å². The van der Waals surface area contributed by atoms with Crippen LogP contribution in [0.3, 0.4) is 0 Å². The number of halogens is 2. The number of benzene rings is 1. The SMILES string of the molecule is Cn1cc(-c2nc3c(N4CCN([S+]([O-])c5c(Cl)cccc5Cl)CC4)ncnc3n2C)cn1. The highest BCUT2D eigenvalue weighted by atomic mass is 35.5. The number of rotatable bonds is 4. The van der Waals surface area contributed by atoms with Crippen LogP contribution in [0.5, 0.6) is 0 Å². The third-order valence-electron chi connectivity index (χ3n) is 5.47. The van der Waals surface area contributed by atoms with Crippen molar-refractivity contribution in [3.05, 3.63) is 47.0 Å². The van der Waals surface area contributed by atoms with Crippen molar-refractivity contribution in [2.45, 2.75) is 4.90 Å². The molecule has 32 heavy (non-hydrogen) atoms. The van der Waals surface area contributed by atoms with Crippen molar-refractivity contribution >= 4 is 51.5 Å². The Morgan fingerprint density at radius 3 is 2.41 bits per heavy atom. The molecule has 0 bridgehead atoms. The van der Waals surface area contributed by atoms with Gasteiger partial charge in [-0.15, -0.1) is 4.31 Å². The van der Waals surface area contributed by atoms with Crippen LogP contribution in [0.15, 0.2) is 41.8 Å². The van der Waals surface area contributed by atoms with Crippen molar-refractivity contribution in [1.29, 1.82) is 0 Å². The first kappa shape index (κ1) is 21.5. The van der Waals surface area contributed by atoms with Crippen LogP contribution in [0.25, 0.3) is 22.6 Å². The highest BCUT2D eigenvalue weighted by molar-refractivity contribution is 7.89. The molecule has 166 valence electrons. The lowest BCUT2D eigenvalue weighted by molar-refractivity contribution is 0.384. The zero-order valence-corrected chi connectivity index (χ0v) is 19.8. The second kappa shape index (κ2) is 8.53. The predicted molar refractivity (Wildman–Crippen MR) is 125 cm³/mol. The van der Waals surface area contributed by atoms with E-state index in [0.29, 0.717) is 41.1 Å². The van der Waals surface area contributed by atoms with Gasteiger partial charge >= 0.3 is 0 Å². The first-order chi connectivity index (χ1) is 15.4. The van der Waals surface area contributed by atoms with E-state index in [1.807, 2.05) is 29.2 Å². The van der Waals surface area contributed by atoms with Crippen molar-refractivity contribution in [3.63, 3.8) is 0 Å². The lowest BCUT2D eigenvalue weighted by atomic mass is 10.3. The molecule has 12 heteroatoms. The third-order valence-corrected chi connectivity index (χ3v) is 7.94. The molecule has 4 heterocycles. The third kappa shape index (κ3) is 3.71. The van der Waals surface area contributed by atoms with E-state index in [4.69, 9.17) is 28.2 Å².